The van der Waals surface area contributed by atoms with Gasteiger partial charge >= 0.3 is 12.0 Å². The standard InChI is InChI=1S/C11H21N3O3/c1-3-14(7-5-10(15)16)11(17)12-9-4-6-13(2)8-9/h9H,3-8H2,1-2H3,(H,12,17)(H,15,16). The van der Waals surface area contributed by atoms with Crippen molar-refractivity contribution in [3.8, 4) is 0 Å². The smallest absolute Gasteiger partial charge is 0.317 e. The summed E-state index contributed by atoms with van der Waals surface area (Å²) < 4.78 is 0. The maximum Gasteiger partial charge on any atom is 0.317 e. The number of hydrogen-bond acceptors (Lipinski definition) is 3. The second kappa shape index (κ2) is 6.44. The van der Waals surface area contributed by atoms with Crippen molar-refractivity contribution in [2.45, 2.75) is 25.8 Å². The molecule has 0 aromatic rings. The van der Waals surface area contributed by atoms with Crippen LogP contribution in [-0.4, -0.2) is 66.2 Å². The second-order valence-corrected chi connectivity index (χ2v) is 4.42. The maximum atomic E-state index is 11.9. The molecule has 1 saturated heterocycles. The highest BCUT2D eigenvalue weighted by molar-refractivity contribution is 5.75. The van der Waals surface area contributed by atoms with Gasteiger partial charge in [-0.2, -0.15) is 0 Å². The Bertz CT molecular complexity index is 283. The van der Waals surface area contributed by atoms with Crippen LogP contribution in [-0.2, 0) is 4.79 Å². The van der Waals surface area contributed by atoms with E-state index in [1.807, 2.05) is 14.0 Å². The first-order valence-electron chi connectivity index (χ1n) is 5.98. The molecule has 6 heteroatoms. The fourth-order valence-electron chi connectivity index (χ4n) is 1.95. The van der Waals surface area contributed by atoms with Crippen molar-refractivity contribution >= 4 is 12.0 Å². The van der Waals surface area contributed by atoms with Gasteiger partial charge in [-0.25, -0.2) is 4.79 Å². The lowest BCUT2D eigenvalue weighted by Gasteiger charge is -2.23. The highest BCUT2D eigenvalue weighted by Crippen LogP contribution is 2.06. The molecule has 0 aromatic heterocycles. The molecule has 1 rings (SSSR count). The predicted octanol–water partition coefficient (Wildman–Crippen LogP) is 0.197. The first kappa shape index (κ1) is 13.8. The molecule has 0 aromatic carbocycles. The number of nitrogens with one attached hydrogen (secondary N) is 1. The highest BCUT2D eigenvalue weighted by atomic mass is 16.4. The van der Waals surface area contributed by atoms with Crippen LogP contribution in [0, 0.1) is 0 Å². The SMILES string of the molecule is CCN(CCC(=O)O)C(=O)NC1CCN(C)C1. The second-order valence-electron chi connectivity index (χ2n) is 4.42. The molecule has 1 atom stereocenters. The predicted molar refractivity (Wildman–Crippen MR) is 63.9 cm³/mol. The zero-order chi connectivity index (χ0) is 12.8. The van der Waals surface area contributed by atoms with E-state index in [0.717, 1.165) is 19.5 Å². The molecule has 6 nitrogen and oxygen atoms in total. The molecule has 17 heavy (non-hydrogen) atoms. The van der Waals surface area contributed by atoms with Crippen molar-refractivity contribution in [2.75, 3.05) is 33.2 Å². The van der Waals surface area contributed by atoms with Crippen LogP contribution in [0.3, 0.4) is 0 Å². The van der Waals surface area contributed by atoms with E-state index >= 15 is 0 Å². The summed E-state index contributed by atoms with van der Waals surface area (Å²) in [5.41, 5.74) is 0. The third kappa shape index (κ3) is 4.60. The van der Waals surface area contributed by atoms with Gasteiger partial charge in [0.1, 0.15) is 0 Å². The minimum atomic E-state index is -0.878. The number of amides is 2. The van der Waals surface area contributed by atoms with Gasteiger partial charge in [0.25, 0.3) is 0 Å². The van der Waals surface area contributed by atoms with E-state index in [1.165, 1.54) is 4.90 Å². The first-order valence-corrected chi connectivity index (χ1v) is 5.98. The van der Waals surface area contributed by atoms with E-state index in [4.69, 9.17) is 5.11 Å². The van der Waals surface area contributed by atoms with Gasteiger partial charge in [0.2, 0.25) is 0 Å². The van der Waals surface area contributed by atoms with E-state index in [9.17, 15) is 9.59 Å². The maximum absolute atomic E-state index is 11.9. The molecule has 0 saturated carbocycles. The summed E-state index contributed by atoms with van der Waals surface area (Å²) in [4.78, 5) is 26.0. The highest BCUT2D eigenvalue weighted by Gasteiger charge is 2.23. The number of carboxylic acid groups (broad SMARTS) is 1. The minimum Gasteiger partial charge on any atom is -0.481 e. The number of urea groups is 1. The molecule has 0 radical (unpaired) electrons. The van der Waals surface area contributed by atoms with Crippen molar-refractivity contribution in [1.29, 1.82) is 0 Å². The molecule has 0 bridgehead atoms. The molecular weight excluding hydrogens is 222 g/mol. The van der Waals surface area contributed by atoms with E-state index in [2.05, 4.69) is 10.2 Å². The van der Waals surface area contributed by atoms with Crippen LogP contribution in [0.1, 0.15) is 19.8 Å². The topological polar surface area (TPSA) is 72.9 Å². The van der Waals surface area contributed by atoms with Crippen LogP contribution in [0.15, 0.2) is 0 Å². The van der Waals surface area contributed by atoms with Crippen molar-refractivity contribution in [2.24, 2.45) is 0 Å². The van der Waals surface area contributed by atoms with Gasteiger partial charge in [0.05, 0.1) is 6.42 Å². The van der Waals surface area contributed by atoms with Gasteiger partial charge in [0.15, 0.2) is 0 Å². The van der Waals surface area contributed by atoms with Gasteiger partial charge in [-0.15, -0.1) is 0 Å². The number of nitrogens with zero attached hydrogens (tertiary/aromatic N) is 2. The minimum absolute atomic E-state index is 0.00811. The Hall–Kier alpha value is -1.30. The molecule has 1 unspecified atom stereocenters. The van der Waals surface area contributed by atoms with Gasteiger partial charge in [0, 0.05) is 25.7 Å². The Balaban J connectivity index is 2.35. The lowest BCUT2D eigenvalue weighted by Crippen LogP contribution is -2.46. The van der Waals surface area contributed by atoms with Crippen LogP contribution in [0.5, 0.6) is 0 Å². The number of aliphatic carboxylic acids is 1. The third-order valence-electron chi connectivity index (χ3n) is 2.98. The molecule has 2 amide bonds. The summed E-state index contributed by atoms with van der Waals surface area (Å²) in [6.07, 6.45) is 0.949. The van der Waals surface area contributed by atoms with Crippen LogP contribution >= 0.6 is 0 Å². The molecule has 0 spiro atoms. The first-order chi connectivity index (χ1) is 8.02. The van der Waals surface area contributed by atoms with Crippen molar-refractivity contribution in [3.05, 3.63) is 0 Å². The average Bonchev–Trinajstić information content (AvgIpc) is 2.64. The zero-order valence-electron chi connectivity index (χ0n) is 10.5. The lowest BCUT2D eigenvalue weighted by atomic mass is 10.3. The Labute approximate surface area is 102 Å². The van der Waals surface area contributed by atoms with Crippen molar-refractivity contribution in [3.63, 3.8) is 0 Å². The Morgan fingerprint density at radius 2 is 2.24 bits per heavy atom. The van der Waals surface area contributed by atoms with Crippen LogP contribution in [0.2, 0.25) is 0 Å². The number of carbonyl (C=O) groups excluding carboxylic acids is 1. The molecule has 1 aliphatic heterocycles. The molecule has 1 heterocycles. The number of carbonyl (C=O) groups is 2. The summed E-state index contributed by atoms with van der Waals surface area (Å²) in [6.45, 7) is 4.50. The summed E-state index contributed by atoms with van der Waals surface area (Å²) >= 11 is 0. The largest absolute Gasteiger partial charge is 0.481 e. The Morgan fingerprint density at radius 1 is 1.53 bits per heavy atom. The van der Waals surface area contributed by atoms with E-state index in [0.29, 0.717) is 6.54 Å². The van der Waals surface area contributed by atoms with Crippen LogP contribution < -0.4 is 5.32 Å². The fraction of sp³-hybridized carbons (Fsp3) is 0.818. The third-order valence-corrected chi connectivity index (χ3v) is 2.98. The molecule has 1 fully saturated rings. The number of rotatable bonds is 5. The number of hydrogen-bond donors (Lipinski definition) is 2. The van der Waals surface area contributed by atoms with Crippen molar-refractivity contribution in [1.82, 2.24) is 15.1 Å². The molecular formula is C11H21N3O3. The summed E-state index contributed by atoms with van der Waals surface area (Å²) in [7, 11) is 2.02. The van der Waals surface area contributed by atoms with Crippen LogP contribution in [0.25, 0.3) is 0 Å². The summed E-state index contributed by atoms with van der Waals surface area (Å²) in [6, 6.07) is 0.0282. The van der Waals surface area contributed by atoms with Crippen molar-refractivity contribution < 1.29 is 14.7 Å². The average molecular weight is 243 g/mol. The zero-order valence-corrected chi connectivity index (χ0v) is 10.5. The van der Waals surface area contributed by atoms with E-state index in [1.54, 1.807) is 0 Å². The molecule has 1 aliphatic rings. The molecule has 0 aliphatic carbocycles. The number of carboxylic acids is 1. The van der Waals surface area contributed by atoms with E-state index < -0.39 is 5.97 Å². The normalized spacial score (nSPS) is 20.2. The van der Waals surface area contributed by atoms with E-state index in [-0.39, 0.29) is 25.0 Å². The summed E-state index contributed by atoms with van der Waals surface area (Å²) in [5.74, 6) is -0.878. The quantitative estimate of drug-likeness (QED) is 0.723. The Morgan fingerprint density at radius 3 is 2.71 bits per heavy atom. The molecule has 2 N–H and O–H groups in total. The molecule has 98 valence electrons. The number of likely N-dealkylation sites (tertiary alicyclic amines) is 1. The number of likely N-dealkylation sites (N-methyl/N-ethyl adjacent to an activating group) is 1. The fourth-order valence-corrected chi connectivity index (χ4v) is 1.95. The van der Waals surface area contributed by atoms with Gasteiger partial charge < -0.3 is 20.2 Å². The van der Waals surface area contributed by atoms with Gasteiger partial charge in [-0.1, -0.05) is 0 Å². The lowest BCUT2D eigenvalue weighted by molar-refractivity contribution is -0.137. The van der Waals surface area contributed by atoms with Crippen LogP contribution in [0.4, 0.5) is 4.79 Å². The summed E-state index contributed by atoms with van der Waals surface area (Å²) in [5, 5.41) is 11.5. The Kier molecular flexibility index (Phi) is 5.21. The van der Waals surface area contributed by atoms with Gasteiger partial charge in [-0.3, -0.25) is 4.79 Å². The monoisotopic (exact) mass is 243 g/mol. The van der Waals surface area contributed by atoms with Gasteiger partial charge in [-0.05, 0) is 26.9 Å².